The number of aromatic amines is 1. The van der Waals surface area contributed by atoms with Crippen LogP contribution in [-0.4, -0.2) is 16.5 Å². The molecule has 4 nitrogen and oxygen atoms in total. The van der Waals surface area contributed by atoms with Gasteiger partial charge in [-0.3, -0.25) is 4.79 Å². The van der Waals surface area contributed by atoms with Gasteiger partial charge in [0.25, 0.3) is 5.56 Å². The smallest absolute Gasteiger partial charge is 0.259 e. The summed E-state index contributed by atoms with van der Waals surface area (Å²) >= 11 is 1.71. The van der Waals surface area contributed by atoms with Crippen molar-refractivity contribution in [3.8, 4) is 0 Å². The molecule has 0 bridgehead atoms. The van der Waals surface area contributed by atoms with E-state index in [4.69, 9.17) is 0 Å². The summed E-state index contributed by atoms with van der Waals surface area (Å²) in [7, 11) is 0. The highest BCUT2D eigenvalue weighted by molar-refractivity contribution is 7.18. The molecule has 3 aromatic rings. The van der Waals surface area contributed by atoms with Crippen molar-refractivity contribution in [2.75, 3.05) is 6.54 Å². The van der Waals surface area contributed by atoms with Crippen molar-refractivity contribution in [3.05, 3.63) is 62.5 Å². The standard InChI is InChI=1S/C19H21N3OS/c23-18-17-14-8-4-5-9-15(14)24-19(17)22-16(21-18)12-20-11-10-13-6-2-1-3-7-13/h1-3,6-7,20H,4-5,8-12H2,(H,21,22,23). The first-order chi connectivity index (χ1) is 11.8. The van der Waals surface area contributed by atoms with Gasteiger partial charge >= 0.3 is 0 Å². The third kappa shape index (κ3) is 3.14. The van der Waals surface area contributed by atoms with E-state index in [2.05, 4.69) is 39.6 Å². The number of aromatic nitrogens is 2. The second-order valence-electron chi connectivity index (χ2n) is 6.32. The van der Waals surface area contributed by atoms with E-state index in [1.54, 1.807) is 11.3 Å². The van der Waals surface area contributed by atoms with Gasteiger partial charge in [0.05, 0.1) is 11.9 Å². The Balaban J connectivity index is 1.46. The molecule has 2 aromatic heterocycles. The average Bonchev–Trinajstić information content (AvgIpc) is 2.98. The molecule has 0 saturated carbocycles. The molecule has 0 spiro atoms. The summed E-state index contributed by atoms with van der Waals surface area (Å²) in [5, 5.41) is 4.21. The molecule has 0 fully saturated rings. The molecule has 124 valence electrons. The van der Waals surface area contributed by atoms with Gasteiger partial charge in [0, 0.05) is 4.88 Å². The average molecular weight is 339 g/mol. The monoisotopic (exact) mass is 339 g/mol. The van der Waals surface area contributed by atoms with Crippen molar-refractivity contribution in [1.29, 1.82) is 0 Å². The number of nitrogens with zero attached hydrogens (tertiary/aromatic N) is 1. The van der Waals surface area contributed by atoms with Gasteiger partial charge in [-0.1, -0.05) is 30.3 Å². The molecule has 0 unspecified atom stereocenters. The third-order valence-corrected chi connectivity index (χ3v) is 5.79. The number of rotatable bonds is 5. The normalized spacial score (nSPS) is 14.0. The minimum atomic E-state index is 0.0271. The van der Waals surface area contributed by atoms with Gasteiger partial charge in [-0.05, 0) is 49.8 Å². The Labute approximate surface area is 145 Å². The molecular formula is C19H21N3OS. The Kier molecular flexibility index (Phi) is 4.45. The Morgan fingerprint density at radius 1 is 1.17 bits per heavy atom. The van der Waals surface area contributed by atoms with Gasteiger partial charge < -0.3 is 10.3 Å². The second kappa shape index (κ2) is 6.87. The van der Waals surface area contributed by atoms with Crippen LogP contribution in [0.25, 0.3) is 10.2 Å². The molecule has 24 heavy (non-hydrogen) atoms. The van der Waals surface area contributed by atoms with Gasteiger partial charge in [-0.15, -0.1) is 11.3 Å². The zero-order valence-corrected chi connectivity index (χ0v) is 14.4. The van der Waals surface area contributed by atoms with E-state index in [0.717, 1.165) is 41.8 Å². The lowest BCUT2D eigenvalue weighted by Gasteiger charge is -2.09. The zero-order chi connectivity index (χ0) is 16.4. The van der Waals surface area contributed by atoms with E-state index >= 15 is 0 Å². The predicted octanol–water partition coefficient (Wildman–Crippen LogP) is 3.20. The van der Waals surface area contributed by atoms with E-state index < -0.39 is 0 Å². The van der Waals surface area contributed by atoms with Crippen LogP contribution in [0.2, 0.25) is 0 Å². The van der Waals surface area contributed by atoms with E-state index in [1.807, 2.05) is 6.07 Å². The number of hydrogen-bond acceptors (Lipinski definition) is 4. The lowest BCUT2D eigenvalue weighted by Crippen LogP contribution is -2.21. The fraction of sp³-hybridized carbons (Fsp3) is 0.368. The molecule has 1 aliphatic carbocycles. The molecule has 5 heteroatoms. The number of aryl methyl sites for hydroxylation is 2. The molecule has 0 atom stereocenters. The van der Waals surface area contributed by atoms with Gasteiger partial charge in [0.2, 0.25) is 0 Å². The summed E-state index contributed by atoms with van der Waals surface area (Å²) in [5.74, 6) is 0.735. The third-order valence-electron chi connectivity index (χ3n) is 4.60. The van der Waals surface area contributed by atoms with Crippen molar-refractivity contribution in [2.45, 2.75) is 38.6 Å². The maximum Gasteiger partial charge on any atom is 0.259 e. The van der Waals surface area contributed by atoms with Gasteiger partial charge in [0.1, 0.15) is 10.7 Å². The fourth-order valence-corrected chi connectivity index (χ4v) is 4.66. The van der Waals surface area contributed by atoms with Crippen molar-refractivity contribution in [1.82, 2.24) is 15.3 Å². The topological polar surface area (TPSA) is 57.8 Å². The first-order valence-corrected chi connectivity index (χ1v) is 9.41. The van der Waals surface area contributed by atoms with Crippen molar-refractivity contribution >= 4 is 21.6 Å². The number of thiophene rings is 1. The van der Waals surface area contributed by atoms with Crippen LogP contribution >= 0.6 is 11.3 Å². The molecule has 0 saturated heterocycles. The second-order valence-corrected chi connectivity index (χ2v) is 7.40. The zero-order valence-electron chi connectivity index (χ0n) is 13.6. The van der Waals surface area contributed by atoms with Crippen LogP contribution in [-0.2, 0) is 25.8 Å². The molecule has 0 radical (unpaired) electrons. The first-order valence-electron chi connectivity index (χ1n) is 8.59. The molecule has 0 amide bonds. The van der Waals surface area contributed by atoms with Gasteiger partial charge in [-0.25, -0.2) is 4.98 Å². The summed E-state index contributed by atoms with van der Waals surface area (Å²) in [6.45, 7) is 1.47. The number of fused-ring (bicyclic) bond motifs is 3. The van der Waals surface area contributed by atoms with Crippen LogP contribution in [0.4, 0.5) is 0 Å². The van der Waals surface area contributed by atoms with Crippen LogP contribution in [0, 0.1) is 0 Å². The largest absolute Gasteiger partial charge is 0.310 e. The van der Waals surface area contributed by atoms with Crippen LogP contribution in [0.1, 0.15) is 34.7 Å². The number of H-pyrrole nitrogens is 1. The van der Waals surface area contributed by atoms with Gasteiger partial charge in [-0.2, -0.15) is 0 Å². The van der Waals surface area contributed by atoms with Crippen molar-refractivity contribution in [3.63, 3.8) is 0 Å². The fourth-order valence-electron chi connectivity index (χ4n) is 3.38. The predicted molar refractivity (Wildman–Crippen MR) is 98.7 cm³/mol. The van der Waals surface area contributed by atoms with Crippen LogP contribution < -0.4 is 10.9 Å². The lowest BCUT2D eigenvalue weighted by atomic mass is 9.97. The number of hydrogen-bond donors (Lipinski definition) is 2. The lowest BCUT2D eigenvalue weighted by molar-refractivity contribution is 0.660. The SMILES string of the molecule is O=c1[nH]c(CNCCc2ccccc2)nc2sc3c(c12)CCCC3. The Hall–Kier alpha value is -1.98. The van der Waals surface area contributed by atoms with Crippen LogP contribution in [0.5, 0.6) is 0 Å². The van der Waals surface area contributed by atoms with Gasteiger partial charge in [0.15, 0.2) is 0 Å². The molecule has 1 aromatic carbocycles. The summed E-state index contributed by atoms with van der Waals surface area (Å²) in [6, 6.07) is 10.4. The first kappa shape index (κ1) is 15.5. The summed E-state index contributed by atoms with van der Waals surface area (Å²) < 4.78 is 0. The summed E-state index contributed by atoms with van der Waals surface area (Å²) in [4.78, 5) is 22.4. The summed E-state index contributed by atoms with van der Waals surface area (Å²) in [6.07, 6.45) is 5.50. The highest BCUT2D eigenvalue weighted by atomic mass is 32.1. The highest BCUT2D eigenvalue weighted by Crippen LogP contribution is 2.33. The van der Waals surface area contributed by atoms with E-state index in [0.29, 0.717) is 6.54 Å². The summed E-state index contributed by atoms with van der Waals surface area (Å²) in [5.41, 5.74) is 2.59. The molecule has 2 heterocycles. The van der Waals surface area contributed by atoms with Crippen molar-refractivity contribution in [2.24, 2.45) is 0 Å². The Bertz CT molecular complexity index is 898. The molecule has 2 N–H and O–H groups in total. The van der Waals surface area contributed by atoms with Crippen molar-refractivity contribution < 1.29 is 0 Å². The minimum absolute atomic E-state index is 0.0271. The maximum atomic E-state index is 12.5. The minimum Gasteiger partial charge on any atom is -0.310 e. The van der Waals surface area contributed by atoms with E-state index in [9.17, 15) is 4.79 Å². The Morgan fingerprint density at radius 3 is 2.88 bits per heavy atom. The number of nitrogens with one attached hydrogen (secondary N) is 2. The molecule has 1 aliphatic rings. The molecule has 0 aliphatic heterocycles. The quantitative estimate of drug-likeness (QED) is 0.702. The molecular weight excluding hydrogens is 318 g/mol. The highest BCUT2D eigenvalue weighted by Gasteiger charge is 2.19. The Morgan fingerprint density at radius 2 is 2.00 bits per heavy atom. The number of benzene rings is 1. The van der Waals surface area contributed by atoms with E-state index in [-0.39, 0.29) is 5.56 Å². The van der Waals surface area contributed by atoms with Crippen LogP contribution in [0.15, 0.2) is 35.1 Å². The molecule has 4 rings (SSSR count). The maximum absolute atomic E-state index is 12.5. The van der Waals surface area contributed by atoms with E-state index in [1.165, 1.54) is 28.8 Å². The van der Waals surface area contributed by atoms with Crippen LogP contribution in [0.3, 0.4) is 0 Å².